The van der Waals surface area contributed by atoms with Crippen LogP contribution in [0.5, 0.6) is 0 Å². The first kappa shape index (κ1) is 14.3. The van der Waals surface area contributed by atoms with Crippen LogP contribution in [0.4, 0.5) is 5.13 Å². The topological polar surface area (TPSA) is 19.4 Å². The number of aromatic nitrogens is 1. The molecular formula is C12H19N3S2. The van der Waals surface area contributed by atoms with Crippen LogP contribution in [-0.2, 0) is 0 Å². The van der Waals surface area contributed by atoms with Gasteiger partial charge in [-0.3, -0.25) is 4.90 Å². The van der Waals surface area contributed by atoms with Crippen LogP contribution < -0.4 is 4.90 Å². The second kappa shape index (κ2) is 6.23. The van der Waals surface area contributed by atoms with Gasteiger partial charge in [-0.25, -0.2) is 4.98 Å². The Labute approximate surface area is 113 Å². The van der Waals surface area contributed by atoms with Crippen molar-refractivity contribution in [2.45, 2.75) is 12.4 Å². The molecule has 0 bridgehead atoms. The van der Waals surface area contributed by atoms with Crippen molar-refractivity contribution in [1.29, 1.82) is 0 Å². The van der Waals surface area contributed by atoms with Crippen LogP contribution in [-0.4, -0.2) is 36.5 Å². The minimum atomic E-state index is 0.0248. The van der Waals surface area contributed by atoms with Crippen LogP contribution in [0.25, 0.3) is 6.08 Å². The fraction of sp³-hybridized carbons (Fsp3) is 0.417. The standard InChI is InChI=1S/C12H19N3S2/c1-6-7-8-10-9(2)13-11(17-10)15(5)12(16)14(3)4/h6-8,12,16H,1H2,2-5H3/b8-7-. The zero-order valence-corrected chi connectivity index (χ0v) is 12.4. The van der Waals surface area contributed by atoms with Crippen molar-refractivity contribution in [3.05, 3.63) is 29.3 Å². The summed E-state index contributed by atoms with van der Waals surface area (Å²) < 4.78 is 0. The number of thiol groups is 1. The Morgan fingerprint density at radius 3 is 2.59 bits per heavy atom. The Kier molecular flexibility index (Phi) is 5.24. The molecule has 0 radical (unpaired) electrons. The first-order valence-electron chi connectivity index (χ1n) is 5.31. The minimum Gasteiger partial charge on any atom is -0.327 e. The van der Waals surface area contributed by atoms with Crippen LogP contribution in [0.2, 0.25) is 0 Å². The number of hydrogen-bond donors (Lipinski definition) is 1. The molecule has 1 unspecified atom stereocenters. The molecule has 17 heavy (non-hydrogen) atoms. The maximum absolute atomic E-state index is 4.55. The number of rotatable bonds is 5. The molecule has 0 amide bonds. The molecule has 3 nitrogen and oxygen atoms in total. The Morgan fingerprint density at radius 1 is 1.41 bits per heavy atom. The summed E-state index contributed by atoms with van der Waals surface area (Å²) in [5.74, 6) is 0. The second-order valence-corrected chi connectivity index (χ2v) is 5.43. The molecule has 0 aliphatic rings. The fourth-order valence-corrected chi connectivity index (χ4v) is 2.45. The normalized spacial score (nSPS) is 13.3. The van der Waals surface area contributed by atoms with E-state index in [9.17, 15) is 0 Å². The van der Waals surface area contributed by atoms with Gasteiger partial charge in [0.2, 0.25) is 0 Å². The zero-order valence-electron chi connectivity index (χ0n) is 10.7. The van der Waals surface area contributed by atoms with Crippen LogP contribution in [0.3, 0.4) is 0 Å². The molecule has 94 valence electrons. The van der Waals surface area contributed by atoms with Gasteiger partial charge in [0, 0.05) is 7.05 Å². The monoisotopic (exact) mass is 269 g/mol. The third-order valence-electron chi connectivity index (χ3n) is 2.31. The average Bonchev–Trinajstić information content (AvgIpc) is 2.66. The predicted octanol–water partition coefficient (Wildman–Crippen LogP) is 2.86. The van der Waals surface area contributed by atoms with Crippen molar-refractivity contribution in [3.8, 4) is 0 Å². The van der Waals surface area contributed by atoms with Gasteiger partial charge in [-0.2, -0.15) is 0 Å². The predicted molar refractivity (Wildman–Crippen MR) is 80.9 cm³/mol. The summed E-state index contributed by atoms with van der Waals surface area (Å²) in [4.78, 5) is 9.78. The summed E-state index contributed by atoms with van der Waals surface area (Å²) in [5, 5.41) is 0.972. The molecule has 0 aliphatic carbocycles. The summed E-state index contributed by atoms with van der Waals surface area (Å²) in [5.41, 5.74) is 1.06. The summed E-state index contributed by atoms with van der Waals surface area (Å²) in [6.07, 6.45) is 5.72. The molecule has 5 heteroatoms. The van der Waals surface area contributed by atoms with Crippen LogP contribution in [0.15, 0.2) is 18.7 Å². The molecule has 1 rings (SSSR count). The second-order valence-electron chi connectivity index (χ2n) is 3.96. The molecule has 1 heterocycles. The van der Waals surface area contributed by atoms with Gasteiger partial charge < -0.3 is 4.90 Å². The number of hydrogen-bond acceptors (Lipinski definition) is 5. The van der Waals surface area contributed by atoms with Crippen molar-refractivity contribution >= 4 is 35.2 Å². The van der Waals surface area contributed by atoms with Gasteiger partial charge in [-0.15, -0.1) is 12.6 Å². The quantitative estimate of drug-likeness (QED) is 0.504. The number of thiazole rings is 1. The van der Waals surface area contributed by atoms with E-state index in [2.05, 4.69) is 24.2 Å². The Hall–Kier alpha value is -0.780. The molecule has 0 spiro atoms. The van der Waals surface area contributed by atoms with E-state index in [1.54, 1.807) is 17.4 Å². The van der Waals surface area contributed by atoms with Gasteiger partial charge in [0.05, 0.1) is 10.6 Å². The SMILES string of the molecule is C=C/C=C\c1sc(N(C)C(S)N(C)C)nc1C. The van der Waals surface area contributed by atoms with Gasteiger partial charge in [0.1, 0.15) is 5.50 Å². The Morgan fingerprint density at radius 2 is 2.06 bits per heavy atom. The van der Waals surface area contributed by atoms with Gasteiger partial charge in [0.15, 0.2) is 5.13 Å². The van der Waals surface area contributed by atoms with E-state index in [0.717, 1.165) is 15.7 Å². The van der Waals surface area contributed by atoms with Crippen molar-refractivity contribution < 1.29 is 0 Å². The molecular weight excluding hydrogens is 250 g/mol. The number of aryl methyl sites for hydroxylation is 1. The van der Waals surface area contributed by atoms with Gasteiger partial charge in [-0.1, -0.05) is 30.1 Å². The minimum absolute atomic E-state index is 0.0248. The maximum atomic E-state index is 4.55. The van der Waals surface area contributed by atoms with Gasteiger partial charge in [0.25, 0.3) is 0 Å². The first-order valence-corrected chi connectivity index (χ1v) is 6.64. The lowest BCUT2D eigenvalue weighted by Gasteiger charge is -2.28. The van der Waals surface area contributed by atoms with E-state index in [-0.39, 0.29) is 5.50 Å². The van der Waals surface area contributed by atoms with Crippen LogP contribution >= 0.6 is 24.0 Å². The van der Waals surface area contributed by atoms with Crippen LogP contribution in [0.1, 0.15) is 10.6 Å². The molecule has 1 atom stereocenters. The van der Waals surface area contributed by atoms with Crippen molar-refractivity contribution in [1.82, 2.24) is 9.88 Å². The smallest absolute Gasteiger partial charge is 0.187 e. The summed E-state index contributed by atoms with van der Waals surface area (Å²) >= 11 is 6.19. The van der Waals surface area contributed by atoms with E-state index in [4.69, 9.17) is 0 Å². The molecule has 0 saturated carbocycles. The lowest BCUT2D eigenvalue weighted by molar-refractivity contribution is 0.381. The summed E-state index contributed by atoms with van der Waals surface area (Å²) in [7, 11) is 5.98. The Balaban J connectivity index is 2.92. The van der Waals surface area contributed by atoms with E-state index in [0.29, 0.717) is 0 Å². The summed E-state index contributed by atoms with van der Waals surface area (Å²) in [6, 6.07) is 0. The highest BCUT2D eigenvalue weighted by atomic mass is 32.1. The third-order valence-corrected chi connectivity index (χ3v) is 4.34. The summed E-state index contributed by atoms with van der Waals surface area (Å²) in [6.45, 7) is 5.68. The number of anilines is 1. The van der Waals surface area contributed by atoms with Crippen molar-refractivity contribution in [2.24, 2.45) is 0 Å². The first-order chi connectivity index (χ1) is 7.97. The zero-order chi connectivity index (χ0) is 13.0. The average molecular weight is 269 g/mol. The third kappa shape index (κ3) is 3.59. The number of allylic oxidation sites excluding steroid dienone is 2. The Bertz CT molecular complexity index is 410. The van der Waals surface area contributed by atoms with E-state index < -0.39 is 0 Å². The molecule has 0 aliphatic heterocycles. The molecule has 0 saturated heterocycles. The molecule has 1 aromatic rings. The van der Waals surface area contributed by atoms with Crippen molar-refractivity contribution in [2.75, 3.05) is 26.0 Å². The molecule has 0 fully saturated rings. The highest BCUT2D eigenvalue weighted by Gasteiger charge is 2.16. The molecule has 0 aromatic carbocycles. The largest absolute Gasteiger partial charge is 0.327 e. The maximum Gasteiger partial charge on any atom is 0.187 e. The lowest BCUT2D eigenvalue weighted by atomic mass is 10.3. The lowest BCUT2D eigenvalue weighted by Crippen LogP contribution is -2.38. The highest BCUT2D eigenvalue weighted by Crippen LogP contribution is 2.28. The van der Waals surface area contributed by atoms with E-state index >= 15 is 0 Å². The van der Waals surface area contributed by atoms with Crippen LogP contribution in [0, 0.1) is 6.92 Å². The highest BCUT2D eigenvalue weighted by molar-refractivity contribution is 7.81. The van der Waals surface area contributed by atoms with Gasteiger partial charge in [-0.05, 0) is 27.1 Å². The van der Waals surface area contributed by atoms with E-state index in [1.807, 2.05) is 50.0 Å². The van der Waals surface area contributed by atoms with Crippen molar-refractivity contribution in [3.63, 3.8) is 0 Å². The molecule has 0 N–H and O–H groups in total. The van der Waals surface area contributed by atoms with E-state index in [1.165, 1.54) is 0 Å². The fourth-order valence-electron chi connectivity index (χ4n) is 1.30. The molecule has 1 aromatic heterocycles. The van der Waals surface area contributed by atoms with Gasteiger partial charge >= 0.3 is 0 Å². The number of nitrogens with zero attached hydrogens (tertiary/aromatic N) is 3.